The quantitative estimate of drug-likeness (QED) is 0.893. The Balaban J connectivity index is 2.19. The number of hydrogen-bond acceptors (Lipinski definition) is 6. The molecule has 2 aromatic rings. The molecule has 7 heteroatoms. The predicted octanol–water partition coefficient (Wildman–Crippen LogP) is 1.60. The zero-order chi connectivity index (χ0) is 13.7. The minimum atomic E-state index is -0.370. The van der Waals surface area contributed by atoms with E-state index in [1.807, 2.05) is 0 Å². The molecule has 0 spiro atoms. The van der Waals surface area contributed by atoms with Gasteiger partial charge in [-0.1, -0.05) is 17.3 Å². The zero-order valence-corrected chi connectivity index (χ0v) is 10.1. The number of aromatic nitrogens is 2. The Kier molecular flexibility index (Phi) is 3.73. The van der Waals surface area contributed by atoms with Gasteiger partial charge in [0.1, 0.15) is 6.42 Å². The topological polar surface area (TPSA) is 101 Å². The average Bonchev–Trinajstić information content (AvgIpc) is 2.88. The second kappa shape index (κ2) is 5.64. The van der Waals surface area contributed by atoms with E-state index >= 15 is 0 Å². The van der Waals surface area contributed by atoms with Gasteiger partial charge in [-0.25, -0.2) is 0 Å². The van der Waals surface area contributed by atoms with Crippen LogP contribution in [0.2, 0.25) is 0 Å². The number of nitriles is 1. The molecule has 0 fully saturated rings. The molecule has 19 heavy (non-hydrogen) atoms. The van der Waals surface area contributed by atoms with Gasteiger partial charge in [0, 0.05) is 11.3 Å². The summed E-state index contributed by atoms with van der Waals surface area (Å²) < 4.78 is 9.61. The van der Waals surface area contributed by atoms with E-state index in [-0.39, 0.29) is 18.4 Å². The van der Waals surface area contributed by atoms with Crippen molar-refractivity contribution in [3.63, 3.8) is 0 Å². The maximum absolute atomic E-state index is 11.3. The molecule has 96 valence electrons. The van der Waals surface area contributed by atoms with Gasteiger partial charge in [-0.15, -0.1) is 0 Å². The highest BCUT2D eigenvalue weighted by atomic mass is 16.6. The highest BCUT2D eigenvalue weighted by molar-refractivity contribution is 5.92. The van der Waals surface area contributed by atoms with Crippen molar-refractivity contribution in [3.8, 4) is 23.5 Å². The summed E-state index contributed by atoms with van der Waals surface area (Å²) in [5, 5.41) is 14.8. The summed E-state index contributed by atoms with van der Waals surface area (Å²) in [5.74, 6) is -0.0152. The Morgan fingerprint density at radius 2 is 2.42 bits per heavy atom. The predicted molar refractivity (Wildman–Crippen MR) is 65.1 cm³/mol. The standard InChI is InChI=1S/C12H10N4O3/c1-18-12-15-11(16-19-12)8-3-2-4-9(7-8)14-10(17)5-6-13/h2-4,7H,5H2,1H3,(H,14,17). The van der Waals surface area contributed by atoms with Gasteiger partial charge in [0.2, 0.25) is 11.7 Å². The van der Waals surface area contributed by atoms with Crippen LogP contribution in [0, 0.1) is 11.3 Å². The first-order valence-corrected chi connectivity index (χ1v) is 5.38. The Hall–Kier alpha value is -2.88. The van der Waals surface area contributed by atoms with E-state index in [1.54, 1.807) is 30.3 Å². The number of carbonyl (C=O) groups excluding carboxylic acids is 1. The largest absolute Gasteiger partial charge is 0.452 e. The monoisotopic (exact) mass is 258 g/mol. The van der Waals surface area contributed by atoms with E-state index in [0.717, 1.165) is 0 Å². The van der Waals surface area contributed by atoms with Gasteiger partial charge < -0.3 is 10.1 Å². The number of carbonyl (C=O) groups is 1. The number of nitrogens with zero attached hydrogens (tertiary/aromatic N) is 3. The maximum atomic E-state index is 11.3. The third kappa shape index (κ3) is 3.07. The molecule has 0 aliphatic carbocycles. The van der Waals surface area contributed by atoms with E-state index in [0.29, 0.717) is 17.1 Å². The molecule has 1 aromatic carbocycles. The molecule has 1 amide bonds. The second-order valence-electron chi connectivity index (χ2n) is 3.55. The fraction of sp³-hybridized carbons (Fsp3) is 0.167. The van der Waals surface area contributed by atoms with Gasteiger partial charge in [-0.05, 0) is 12.1 Å². The molecule has 1 aromatic heterocycles. The summed E-state index contributed by atoms with van der Waals surface area (Å²) in [7, 11) is 1.43. The van der Waals surface area contributed by atoms with Crippen LogP contribution in [-0.4, -0.2) is 23.2 Å². The van der Waals surface area contributed by atoms with Gasteiger partial charge in [-0.3, -0.25) is 9.32 Å². The summed E-state index contributed by atoms with van der Waals surface area (Å²) in [6.07, 6.45) is -0.130. The first kappa shape index (κ1) is 12.6. The number of anilines is 1. The maximum Gasteiger partial charge on any atom is 0.417 e. The van der Waals surface area contributed by atoms with Crippen molar-refractivity contribution >= 4 is 11.6 Å². The Labute approximate surface area is 108 Å². The van der Waals surface area contributed by atoms with E-state index in [2.05, 4.69) is 15.5 Å². The van der Waals surface area contributed by atoms with Crippen molar-refractivity contribution in [1.82, 2.24) is 10.1 Å². The van der Waals surface area contributed by atoms with Gasteiger partial charge in [0.25, 0.3) is 0 Å². The van der Waals surface area contributed by atoms with Gasteiger partial charge in [0.05, 0.1) is 13.2 Å². The number of nitrogens with one attached hydrogen (secondary N) is 1. The second-order valence-corrected chi connectivity index (χ2v) is 3.55. The number of benzene rings is 1. The van der Waals surface area contributed by atoms with Crippen LogP contribution < -0.4 is 10.1 Å². The highest BCUT2D eigenvalue weighted by Crippen LogP contribution is 2.21. The molecule has 0 unspecified atom stereocenters. The first-order chi connectivity index (χ1) is 9.22. The molecule has 0 atom stereocenters. The SMILES string of the molecule is COc1nc(-c2cccc(NC(=O)CC#N)c2)no1. The average molecular weight is 258 g/mol. The summed E-state index contributed by atoms with van der Waals surface area (Å²) >= 11 is 0. The lowest BCUT2D eigenvalue weighted by Crippen LogP contribution is -2.09. The van der Waals surface area contributed by atoms with Gasteiger partial charge >= 0.3 is 6.08 Å². The fourth-order valence-electron chi connectivity index (χ4n) is 1.42. The molecule has 0 saturated carbocycles. The number of ether oxygens (including phenoxy) is 1. The number of methoxy groups -OCH3 is 1. The van der Waals surface area contributed by atoms with E-state index in [4.69, 9.17) is 14.5 Å². The molecule has 1 heterocycles. The van der Waals surface area contributed by atoms with Crippen LogP contribution in [0.15, 0.2) is 28.8 Å². The Morgan fingerprint density at radius 1 is 1.58 bits per heavy atom. The molecule has 0 aliphatic heterocycles. The fourth-order valence-corrected chi connectivity index (χ4v) is 1.42. The first-order valence-electron chi connectivity index (χ1n) is 5.38. The minimum Gasteiger partial charge on any atom is -0.452 e. The van der Waals surface area contributed by atoms with Crippen molar-refractivity contribution in [3.05, 3.63) is 24.3 Å². The molecular weight excluding hydrogens is 248 g/mol. The summed E-state index contributed by atoms with van der Waals surface area (Å²) in [5.41, 5.74) is 1.23. The smallest absolute Gasteiger partial charge is 0.417 e. The summed E-state index contributed by atoms with van der Waals surface area (Å²) in [6, 6.07) is 8.67. The van der Waals surface area contributed by atoms with Crippen LogP contribution in [0.1, 0.15) is 6.42 Å². The van der Waals surface area contributed by atoms with Crippen LogP contribution in [0.5, 0.6) is 6.08 Å². The molecule has 0 saturated heterocycles. The molecular formula is C12H10N4O3. The molecule has 2 rings (SSSR count). The lowest BCUT2D eigenvalue weighted by molar-refractivity contribution is -0.115. The van der Waals surface area contributed by atoms with Gasteiger partial charge in [-0.2, -0.15) is 10.2 Å². The van der Waals surface area contributed by atoms with Crippen molar-refractivity contribution in [1.29, 1.82) is 5.26 Å². The Morgan fingerprint density at radius 3 is 3.11 bits per heavy atom. The number of hydrogen-bond donors (Lipinski definition) is 1. The molecule has 0 aliphatic rings. The molecule has 0 bridgehead atoms. The molecule has 7 nitrogen and oxygen atoms in total. The summed E-state index contributed by atoms with van der Waals surface area (Å²) in [6.45, 7) is 0. The van der Waals surface area contributed by atoms with Gasteiger partial charge in [0.15, 0.2) is 0 Å². The van der Waals surface area contributed by atoms with Crippen molar-refractivity contribution in [2.24, 2.45) is 0 Å². The number of rotatable bonds is 4. The number of amides is 1. The zero-order valence-electron chi connectivity index (χ0n) is 10.1. The van der Waals surface area contributed by atoms with E-state index in [9.17, 15) is 4.79 Å². The van der Waals surface area contributed by atoms with Crippen molar-refractivity contribution in [2.75, 3.05) is 12.4 Å². The lowest BCUT2D eigenvalue weighted by atomic mass is 10.2. The van der Waals surface area contributed by atoms with E-state index in [1.165, 1.54) is 7.11 Å². The van der Waals surface area contributed by atoms with Crippen molar-refractivity contribution < 1.29 is 14.1 Å². The van der Waals surface area contributed by atoms with Crippen molar-refractivity contribution in [2.45, 2.75) is 6.42 Å². The van der Waals surface area contributed by atoms with Crippen LogP contribution in [0.3, 0.4) is 0 Å². The third-order valence-electron chi connectivity index (χ3n) is 2.23. The normalized spacial score (nSPS) is 9.68. The van der Waals surface area contributed by atoms with Crippen LogP contribution in [0.4, 0.5) is 5.69 Å². The van der Waals surface area contributed by atoms with Crippen LogP contribution in [0.25, 0.3) is 11.4 Å². The third-order valence-corrected chi connectivity index (χ3v) is 2.23. The van der Waals surface area contributed by atoms with Crippen LogP contribution >= 0.6 is 0 Å². The van der Waals surface area contributed by atoms with E-state index < -0.39 is 0 Å². The van der Waals surface area contributed by atoms with Crippen LogP contribution in [-0.2, 0) is 4.79 Å². The molecule has 1 N–H and O–H groups in total. The Bertz CT molecular complexity index is 630. The summed E-state index contributed by atoms with van der Waals surface area (Å²) in [4.78, 5) is 15.3. The minimum absolute atomic E-state index is 0.0638. The molecule has 0 radical (unpaired) electrons. The lowest BCUT2D eigenvalue weighted by Gasteiger charge is -2.03. The highest BCUT2D eigenvalue weighted by Gasteiger charge is 2.09.